The Morgan fingerprint density at radius 3 is 2.71 bits per heavy atom. The summed E-state index contributed by atoms with van der Waals surface area (Å²) in [6.45, 7) is 0.604. The summed E-state index contributed by atoms with van der Waals surface area (Å²) >= 11 is 1.74. The number of hydrogen-bond donors (Lipinski definition) is 1. The number of fused-ring (bicyclic) bond motifs is 1. The second-order valence-electron chi connectivity index (χ2n) is 4.89. The predicted molar refractivity (Wildman–Crippen MR) is 85.2 cm³/mol. The molecule has 1 fully saturated rings. The molecule has 4 nitrogen and oxygen atoms in total. The monoisotopic (exact) mass is 300 g/mol. The SMILES string of the molecule is O=C1CNC(=O)N1CCSCc1cccc2ccccc12. The molecule has 3 amide bonds. The number of hydrogen-bond acceptors (Lipinski definition) is 3. The molecule has 1 saturated heterocycles. The number of nitrogens with zero attached hydrogens (tertiary/aromatic N) is 1. The summed E-state index contributed by atoms with van der Waals surface area (Å²) < 4.78 is 0. The van der Waals surface area contributed by atoms with Crippen LogP contribution >= 0.6 is 11.8 Å². The first-order chi connectivity index (χ1) is 10.3. The van der Waals surface area contributed by atoms with Gasteiger partial charge < -0.3 is 5.32 Å². The number of carbonyl (C=O) groups is 2. The lowest BCUT2D eigenvalue weighted by atomic mass is 10.1. The van der Waals surface area contributed by atoms with E-state index in [2.05, 4.69) is 35.6 Å². The second-order valence-corrected chi connectivity index (χ2v) is 6.00. The van der Waals surface area contributed by atoms with Crippen LogP contribution in [0.5, 0.6) is 0 Å². The average Bonchev–Trinajstić information content (AvgIpc) is 2.83. The normalized spacial score (nSPS) is 14.8. The highest BCUT2D eigenvalue weighted by molar-refractivity contribution is 7.98. The summed E-state index contributed by atoms with van der Waals surface area (Å²) in [4.78, 5) is 24.2. The molecular weight excluding hydrogens is 284 g/mol. The lowest BCUT2D eigenvalue weighted by molar-refractivity contribution is -0.124. The molecular formula is C16H16N2O2S. The largest absolute Gasteiger partial charge is 0.329 e. The molecule has 21 heavy (non-hydrogen) atoms. The molecule has 3 rings (SSSR count). The summed E-state index contributed by atoms with van der Waals surface area (Å²) in [5, 5.41) is 5.04. The van der Waals surface area contributed by atoms with Gasteiger partial charge in [0.15, 0.2) is 0 Å². The molecule has 0 aliphatic carbocycles. The van der Waals surface area contributed by atoms with E-state index < -0.39 is 0 Å². The van der Waals surface area contributed by atoms with Crippen molar-refractivity contribution in [3.8, 4) is 0 Å². The van der Waals surface area contributed by atoms with Gasteiger partial charge in [0.25, 0.3) is 0 Å². The van der Waals surface area contributed by atoms with Crippen LogP contribution in [0.1, 0.15) is 5.56 Å². The van der Waals surface area contributed by atoms with Crippen molar-refractivity contribution in [2.45, 2.75) is 5.75 Å². The van der Waals surface area contributed by atoms with Crippen LogP contribution in [0.15, 0.2) is 42.5 Å². The Labute approximate surface area is 127 Å². The minimum atomic E-state index is -0.272. The maximum atomic E-state index is 11.5. The summed E-state index contributed by atoms with van der Waals surface area (Å²) in [6.07, 6.45) is 0. The Balaban J connectivity index is 1.57. The lowest BCUT2D eigenvalue weighted by Gasteiger charge is -2.12. The van der Waals surface area contributed by atoms with Gasteiger partial charge in [0.1, 0.15) is 0 Å². The zero-order chi connectivity index (χ0) is 14.7. The van der Waals surface area contributed by atoms with Gasteiger partial charge in [-0.2, -0.15) is 11.8 Å². The third-order valence-electron chi connectivity index (χ3n) is 3.53. The Kier molecular flexibility index (Phi) is 4.10. The van der Waals surface area contributed by atoms with E-state index in [0.717, 1.165) is 11.5 Å². The smallest absolute Gasteiger partial charge is 0.324 e. The van der Waals surface area contributed by atoms with Crippen molar-refractivity contribution in [2.75, 3.05) is 18.8 Å². The first-order valence-corrected chi connectivity index (χ1v) is 8.04. The predicted octanol–water partition coefficient (Wildman–Crippen LogP) is 2.62. The Morgan fingerprint density at radius 1 is 1.10 bits per heavy atom. The van der Waals surface area contributed by atoms with Gasteiger partial charge in [-0.1, -0.05) is 42.5 Å². The fraction of sp³-hybridized carbons (Fsp3) is 0.250. The molecule has 1 aliphatic rings. The molecule has 5 heteroatoms. The molecule has 1 N–H and O–H groups in total. The molecule has 0 atom stereocenters. The van der Waals surface area contributed by atoms with Crippen molar-refractivity contribution >= 4 is 34.5 Å². The number of imide groups is 1. The zero-order valence-corrected chi connectivity index (χ0v) is 12.4. The van der Waals surface area contributed by atoms with Crippen LogP contribution < -0.4 is 5.32 Å². The standard InChI is InChI=1S/C16H16N2O2S/c19-15-10-17-16(20)18(15)8-9-21-11-13-6-3-5-12-4-1-2-7-14(12)13/h1-7H,8-11H2,(H,17,20). The average molecular weight is 300 g/mol. The van der Waals surface area contributed by atoms with Gasteiger partial charge in [-0.15, -0.1) is 0 Å². The summed E-state index contributed by atoms with van der Waals surface area (Å²) in [6, 6.07) is 14.3. The molecule has 0 radical (unpaired) electrons. The number of thioether (sulfide) groups is 1. The van der Waals surface area contributed by atoms with E-state index in [1.165, 1.54) is 21.2 Å². The van der Waals surface area contributed by atoms with Crippen molar-refractivity contribution in [3.05, 3.63) is 48.0 Å². The highest BCUT2D eigenvalue weighted by atomic mass is 32.2. The van der Waals surface area contributed by atoms with E-state index in [1.807, 2.05) is 12.1 Å². The Bertz CT molecular complexity index is 666. The van der Waals surface area contributed by atoms with Crippen molar-refractivity contribution < 1.29 is 9.59 Å². The molecule has 0 saturated carbocycles. The minimum absolute atomic E-state index is 0.132. The number of amides is 3. The third-order valence-corrected chi connectivity index (χ3v) is 4.52. The minimum Gasteiger partial charge on any atom is -0.329 e. The van der Waals surface area contributed by atoms with Gasteiger partial charge in [0.2, 0.25) is 5.91 Å². The Morgan fingerprint density at radius 2 is 1.90 bits per heavy atom. The van der Waals surface area contributed by atoms with Crippen LogP contribution in [0.25, 0.3) is 10.8 Å². The van der Waals surface area contributed by atoms with E-state index in [4.69, 9.17) is 0 Å². The molecule has 0 aromatic heterocycles. The maximum Gasteiger partial charge on any atom is 0.324 e. The Hall–Kier alpha value is -2.01. The molecule has 2 aromatic carbocycles. The van der Waals surface area contributed by atoms with E-state index in [-0.39, 0.29) is 18.5 Å². The number of carbonyl (C=O) groups excluding carboxylic acids is 2. The molecule has 0 unspecified atom stereocenters. The van der Waals surface area contributed by atoms with Gasteiger partial charge in [-0.3, -0.25) is 9.69 Å². The number of benzene rings is 2. The fourth-order valence-corrected chi connectivity index (χ4v) is 3.37. The summed E-state index contributed by atoms with van der Waals surface area (Å²) in [5.74, 6) is 1.50. The number of nitrogens with one attached hydrogen (secondary N) is 1. The highest BCUT2D eigenvalue weighted by Crippen LogP contribution is 2.22. The van der Waals surface area contributed by atoms with Crippen LogP contribution in [0.4, 0.5) is 4.79 Å². The van der Waals surface area contributed by atoms with Crippen LogP contribution in [0.3, 0.4) is 0 Å². The van der Waals surface area contributed by atoms with E-state index in [0.29, 0.717) is 6.54 Å². The third kappa shape index (κ3) is 3.03. The molecule has 108 valence electrons. The molecule has 2 aromatic rings. The molecule has 0 spiro atoms. The fourth-order valence-electron chi connectivity index (χ4n) is 2.44. The topological polar surface area (TPSA) is 49.4 Å². The van der Waals surface area contributed by atoms with Crippen LogP contribution in [-0.4, -0.2) is 35.7 Å². The van der Waals surface area contributed by atoms with Crippen LogP contribution in [0, 0.1) is 0 Å². The van der Waals surface area contributed by atoms with E-state index >= 15 is 0 Å². The number of rotatable bonds is 5. The first kappa shape index (κ1) is 13.9. The lowest BCUT2D eigenvalue weighted by Crippen LogP contribution is -2.32. The maximum absolute atomic E-state index is 11.5. The van der Waals surface area contributed by atoms with Gasteiger partial charge >= 0.3 is 6.03 Å². The first-order valence-electron chi connectivity index (χ1n) is 6.88. The molecule has 1 heterocycles. The van der Waals surface area contributed by atoms with Gasteiger partial charge in [0, 0.05) is 18.1 Å². The van der Waals surface area contributed by atoms with Gasteiger partial charge in [0.05, 0.1) is 6.54 Å². The highest BCUT2D eigenvalue weighted by Gasteiger charge is 2.27. The van der Waals surface area contributed by atoms with Crippen LogP contribution in [-0.2, 0) is 10.5 Å². The van der Waals surface area contributed by atoms with Crippen molar-refractivity contribution in [2.24, 2.45) is 0 Å². The second kappa shape index (κ2) is 6.18. The molecule has 0 bridgehead atoms. The summed E-state index contributed by atoms with van der Waals surface area (Å²) in [5.41, 5.74) is 1.29. The van der Waals surface area contributed by atoms with E-state index in [1.54, 1.807) is 11.8 Å². The quantitative estimate of drug-likeness (QED) is 0.682. The summed E-state index contributed by atoms with van der Waals surface area (Å²) in [7, 11) is 0. The van der Waals surface area contributed by atoms with Crippen molar-refractivity contribution in [3.63, 3.8) is 0 Å². The van der Waals surface area contributed by atoms with Gasteiger partial charge in [-0.05, 0) is 16.3 Å². The molecule has 1 aliphatic heterocycles. The zero-order valence-electron chi connectivity index (χ0n) is 11.5. The van der Waals surface area contributed by atoms with Crippen LogP contribution in [0.2, 0.25) is 0 Å². The number of urea groups is 1. The van der Waals surface area contributed by atoms with Crippen molar-refractivity contribution in [1.29, 1.82) is 0 Å². The van der Waals surface area contributed by atoms with Crippen molar-refractivity contribution in [1.82, 2.24) is 10.2 Å². The van der Waals surface area contributed by atoms with Gasteiger partial charge in [-0.25, -0.2) is 4.79 Å². The van der Waals surface area contributed by atoms with E-state index in [9.17, 15) is 9.59 Å².